The van der Waals surface area contributed by atoms with Gasteiger partial charge in [0.25, 0.3) is 0 Å². The third-order valence-electron chi connectivity index (χ3n) is 2.55. The lowest BCUT2D eigenvalue weighted by molar-refractivity contribution is -0.116. The number of hydrogen-bond acceptors (Lipinski definition) is 3. The van der Waals surface area contributed by atoms with Crippen LogP contribution in [0, 0.1) is 0 Å². The molecule has 5 heteroatoms. The summed E-state index contributed by atoms with van der Waals surface area (Å²) in [6.45, 7) is 1.89. The van der Waals surface area contributed by atoms with Gasteiger partial charge in [0, 0.05) is 23.5 Å². The number of aromatic nitrogens is 2. The number of carbonyl (C=O) groups is 1. The van der Waals surface area contributed by atoms with E-state index in [-0.39, 0.29) is 11.9 Å². The van der Waals surface area contributed by atoms with Crippen molar-refractivity contribution in [1.29, 1.82) is 0 Å². The predicted octanol–water partition coefficient (Wildman–Crippen LogP) is 1.63. The van der Waals surface area contributed by atoms with Crippen LogP contribution in [-0.4, -0.2) is 22.1 Å². The second-order valence-electron chi connectivity index (χ2n) is 4.24. The molecule has 1 atom stereocenters. The molecule has 17 heavy (non-hydrogen) atoms. The number of hydrogen-bond donors (Lipinski definition) is 3. The lowest BCUT2D eigenvalue weighted by atomic mass is 10.2. The summed E-state index contributed by atoms with van der Waals surface area (Å²) in [6, 6.07) is 5.69. The Hall–Kier alpha value is -1.88. The quantitative estimate of drug-likeness (QED) is 0.749. The van der Waals surface area contributed by atoms with Crippen molar-refractivity contribution in [2.75, 3.05) is 5.32 Å². The number of nitrogens with one attached hydrogen (secondary N) is 2. The maximum absolute atomic E-state index is 11.6. The van der Waals surface area contributed by atoms with Gasteiger partial charge in [0.2, 0.25) is 5.91 Å². The van der Waals surface area contributed by atoms with E-state index in [1.54, 1.807) is 6.20 Å². The molecular weight excluding hydrogens is 216 g/mol. The number of nitrogens with zero attached hydrogens (tertiary/aromatic N) is 1. The molecule has 0 aliphatic rings. The van der Waals surface area contributed by atoms with Crippen LogP contribution < -0.4 is 11.1 Å². The fourth-order valence-electron chi connectivity index (χ4n) is 1.60. The van der Waals surface area contributed by atoms with Crippen LogP contribution in [0.5, 0.6) is 0 Å². The summed E-state index contributed by atoms with van der Waals surface area (Å²) in [5.74, 6) is -0.00913. The molecule has 5 nitrogen and oxygen atoms in total. The summed E-state index contributed by atoms with van der Waals surface area (Å²) in [5, 5.41) is 10.6. The van der Waals surface area contributed by atoms with Crippen molar-refractivity contribution in [1.82, 2.24) is 10.2 Å². The number of anilines is 1. The number of H-pyrrole nitrogens is 1. The van der Waals surface area contributed by atoms with Crippen molar-refractivity contribution in [3.63, 3.8) is 0 Å². The van der Waals surface area contributed by atoms with Crippen LogP contribution >= 0.6 is 0 Å². The van der Waals surface area contributed by atoms with Gasteiger partial charge in [-0.25, -0.2) is 0 Å². The molecule has 1 amide bonds. The van der Waals surface area contributed by atoms with Crippen LogP contribution in [0.25, 0.3) is 10.9 Å². The Balaban J connectivity index is 2.00. The summed E-state index contributed by atoms with van der Waals surface area (Å²) < 4.78 is 0. The largest absolute Gasteiger partial charge is 0.328 e. The summed E-state index contributed by atoms with van der Waals surface area (Å²) in [6.07, 6.45) is 2.87. The maximum atomic E-state index is 11.6. The minimum atomic E-state index is -0.00913. The molecule has 90 valence electrons. The van der Waals surface area contributed by atoms with Crippen molar-refractivity contribution < 1.29 is 4.79 Å². The van der Waals surface area contributed by atoms with E-state index in [4.69, 9.17) is 5.73 Å². The van der Waals surface area contributed by atoms with Gasteiger partial charge >= 0.3 is 0 Å². The highest BCUT2D eigenvalue weighted by Gasteiger charge is 2.05. The van der Waals surface area contributed by atoms with Gasteiger partial charge in [-0.05, 0) is 31.5 Å². The molecule has 2 aromatic rings. The predicted molar refractivity (Wildman–Crippen MR) is 67.6 cm³/mol. The molecule has 2 rings (SSSR count). The van der Waals surface area contributed by atoms with Crippen LogP contribution in [-0.2, 0) is 4.79 Å². The summed E-state index contributed by atoms with van der Waals surface area (Å²) in [4.78, 5) is 11.6. The van der Waals surface area contributed by atoms with Crippen LogP contribution in [0.2, 0.25) is 0 Å². The molecule has 0 aliphatic carbocycles. The van der Waals surface area contributed by atoms with E-state index in [9.17, 15) is 4.79 Å². The number of nitrogens with two attached hydrogens (primary N) is 1. The second-order valence-corrected chi connectivity index (χ2v) is 4.24. The van der Waals surface area contributed by atoms with Gasteiger partial charge in [-0.15, -0.1) is 0 Å². The number of rotatable bonds is 4. The van der Waals surface area contributed by atoms with Gasteiger partial charge in [-0.2, -0.15) is 5.10 Å². The van der Waals surface area contributed by atoms with Gasteiger partial charge in [-0.3, -0.25) is 9.89 Å². The lowest BCUT2D eigenvalue weighted by Crippen LogP contribution is -2.19. The molecule has 0 fully saturated rings. The molecule has 0 bridgehead atoms. The van der Waals surface area contributed by atoms with E-state index < -0.39 is 0 Å². The molecule has 4 N–H and O–H groups in total. The number of aromatic amines is 1. The smallest absolute Gasteiger partial charge is 0.224 e. The van der Waals surface area contributed by atoms with Crippen LogP contribution in [0.1, 0.15) is 19.8 Å². The molecule has 0 saturated carbocycles. The van der Waals surface area contributed by atoms with E-state index in [0.717, 1.165) is 16.6 Å². The van der Waals surface area contributed by atoms with Gasteiger partial charge in [0.05, 0.1) is 11.7 Å². The Morgan fingerprint density at radius 3 is 3.18 bits per heavy atom. The normalized spacial score (nSPS) is 12.6. The van der Waals surface area contributed by atoms with Crippen molar-refractivity contribution in [3.05, 3.63) is 24.4 Å². The van der Waals surface area contributed by atoms with Crippen molar-refractivity contribution in [2.24, 2.45) is 5.73 Å². The Kier molecular flexibility index (Phi) is 3.39. The number of carbonyl (C=O) groups excluding carboxylic acids is 1. The highest BCUT2D eigenvalue weighted by Crippen LogP contribution is 2.16. The number of fused-ring (bicyclic) bond motifs is 1. The van der Waals surface area contributed by atoms with E-state index >= 15 is 0 Å². The Labute approximate surface area is 99.4 Å². The fourth-order valence-corrected chi connectivity index (χ4v) is 1.60. The molecule has 0 spiro atoms. The zero-order chi connectivity index (χ0) is 12.3. The van der Waals surface area contributed by atoms with Crippen molar-refractivity contribution in [3.8, 4) is 0 Å². The van der Waals surface area contributed by atoms with Crippen molar-refractivity contribution in [2.45, 2.75) is 25.8 Å². The third kappa shape index (κ3) is 3.04. The average Bonchev–Trinajstić information content (AvgIpc) is 2.73. The SMILES string of the molecule is CC(N)CCC(=O)Nc1ccc2[nH]ncc2c1. The zero-order valence-corrected chi connectivity index (χ0v) is 9.73. The topological polar surface area (TPSA) is 83.8 Å². The Morgan fingerprint density at radius 2 is 2.41 bits per heavy atom. The molecule has 1 aromatic heterocycles. The van der Waals surface area contributed by atoms with Gasteiger partial charge < -0.3 is 11.1 Å². The maximum Gasteiger partial charge on any atom is 0.224 e. The second kappa shape index (κ2) is 4.97. The van der Waals surface area contributed by atoms with E-state index in [1.807, 2.05) is 25.1 Å². The van der Waals surface area contributed by atoms with Crippen LogP contribution in [0.3, 0.4) is 0 Å². The molecule has 0 saturated heterocycles. The first-order chi connectivity index (χ1) is 8.15. The molecular formula is C12H16N4O. The molecule has 1 heterocycles. The number of benzene rings is 1. The first-order valence-corrected chi connectivity index (χ1v) is 5.64. The molecule has 1 aromatic carbocycles. The molecule has 1 unspecified atom stereocenters. The van der Waals surface area contributed by atoms with Gasteiger partial charge in [0.15, 0.2) is 0 Å². The number of amides is 1. The highest BCUT2D eigenvalue weighted by atomic mass is 16.1. The minimum Gasteiger partial charge on any atom is -0.328 e. The lowest BCUT2D eigenvalue weighted by Gasteiger charge is -2.06. The van der Waals surface area contributed by atoms with E-state index in [0.29, 0.717) is 12.8 Å². The fraction of sp³-hybridized carbons (Fsp3) is 0.333. The van der Waals surface area contributed by atoms with Gasteiger partial charge in [-0.1, -0.05) is 0 Å². The first-order valence-electron chi connectivity index (χ1n) is 5.64. The van der Waals surface area contributed by atoms with E-state index in [2.05, 4.69) is 15.5 Å². The summed E-state index contributed by atoms with van der Waals surface area (Å²) in [5.41, 5.74) is 7.34. The van der Waals surface area contributed by atoms with Crippen LogP contribution in [0.4, 0.5) is 5.69 Å². The standard InChI is InChI=1S/C12H16N4O/c1-8(13)2-5-12(17)15-10-3-4-11-9(6-10)7-14-16-11/h3-4,6-8H,2,5,13H2,1H3,(H,14,16)(H,15,17). The molecule has 0 radical (unpaired) electrons. The van der Waals surface area contributed by atoms with Crippen molar-refractivity contribution >= 4 is 22.5 Å². The first kappa shape index (κ1) is 11.6. The van der Waals surface area contributed by atoms with Gasteiger partial charge in [0.1, 0.15) is 0 Å². The Morgan fingerprint density at radius 1 is 1.59 bits per heavy atom. The minimum absolute atomic E-state index is 0.00913. The summed E-state index contributed by atoms with van der Waals surface area (Å²) in [7, 11) is 0. The zero-order valence-electron chi connectivity index (χ0n) is 9.73. The monoisotopic (exact) mass is 232 g/mol. The third-order valence-corrected chi connectivity index (χ3v) is 2.55. The molecule has 0 aliphatic heterocycles. The highest BCUT2D eigenvalue weighted by molar-refractivity contribution is 5.93. The Bertz CT molecular complexity index is 518. The van der Waals surface area contributed by atoms with E-state index in [1.165, 1.54) is 0 Å². The average molecular weight is 232 g/mol. The van der Waals surface area contributed by atoms with Crippen LogP contribution in [0.15, 0.2) is 24.4 Å². The summed E-state index contributed by atoms with van der Waals surface area (Å²) >= 11 is 0.